The van der Waals surface area contributed by atoms with Crippen LogP contribution in [0.5, 0.6) is 5.75 Å². The minimum absolute atomic E-state index is 0.153. The van der Waals surface area contributed by atoms with E-state index >= 15 is 0 Å². The molecule has 1 aliphatic heterocycles. The number of rotatable bonds is 4. The molecule has 1 fully saturated rings. The molecule has 0 bridgehead atoms. The number of alkyl halides is 2. The number of benzene rings is 1. The summed E-state index contributed by atoms with van der Waals surface area (Å²) in [5.41, 5.74) is 1.61. The van der Waals surface area contributed by atoms with Gasteiger partial charge in [0.1, 0.15) is 11.6 Å². The molecule has 112 valence electrons. The van der Waals surface area contributed by atoms with Gasteiger partial charge in [-0.25, -0.2) is 4.98 Å². The zero-order chi connectivity index (χ0) is 14.7. The van der Waals surface area contributed by atoms with E-state index in [1.165, 1.54) is 6.07 Å². The largest absolute Gasteiger partial charge is 0.435 e. The monoisotopic (exact) mass is 293 g/mol. The maximum Gasteiger partial charge on any atom is 0.387 e. The second kappa shape index (κ2) is 6.22. The van der Waals surface area contributed by atoms with Gasteiger partial charge in [-0.2, -0.15) is 8.78 Å². The zero-order valence-electron chi connectivity index (χ0n) is 11.5. The number of nitrogens with one attached hydrogen (secondary N) is 2. The lowest BCUT2D eigenvalue weighted by Gasteiger charge is -2.20. The van der Waals surface area contributed by atoms with Crippen LogP contribution in [0.2, 0.25) is 0 Å². The summed E-state index contributed by atoms with van der Waals surface area (Å²) in [6.07, 6.45) is 3.86. The molecule has 1 saturated heterocycles. The lowest BCUT2D eigenvalue weighted by atomic mass is 9.98. The van der Waals surface area contributed by atoms with Gasteiger partial charge in [0, 0.05) is 11.5 Å². The lowest BCUT2D eigenvalue weighted by Crippen LogP contribution is -2.27. The van der Waals surface area contributed by atoms with E-state index in [0.29, 0.717) is 5.92 Å². The molecule has 21 heavy (non-hydrogen) atoms. The Labute approximate surface area is 121 Å². The third-order valence-electron chi connectivity index (χ3n) is 3.69. The number of imidazole rings is 1. The quantitative estimate of drug-likeness (QED) is 0.910. The summed E-state index contributed by atoms with van der Waals surface area (Å²) in [7, 11) is 0. The predicted molar refractivity (Wildman–Crippen MR) is 75.5 cm³/mol. The molecule has 1 aliphatic rings. The van der Waals surface area contributed by atoms with Gasteiger partial charge in [0.25, 0.3) is 0 Å². The maximum absolute atomic E-state index is 12.3. The topological polar surface area (TPSA) is 49.9 Å². The zero-order valence-corrected chi connectivity index (χ0v) is 11.5. The fourth-order valence-corrected chi connectivity index (χ4v) is 2.63. The molecule has 6 heteroatoms. The van der Waals surface area contributed by atoms with Crippen molar-refractivity contribution in [2.75, 3.05) is 13.1 Å². The minimum atomic E-state index is -2.81. The van der Waals surface area contributed by atoms with Gasteiger partial charge >= 0.3 is 6.61 Å². The fraction of sp³-hybridized carbons (Fsp3) is 0.400. The fourth-order valence-electron chi connectivity index (χ4n) is 2.63. The van der Waals surface area contributed by atoms with E-state index in [2.05, 4.69) is 20.0 Å². The molecule has 4 nitrogen and oxygen atoms in total. The van der Waals surface area contributed by atoms with E-state index < -0.39 is 6.61 Å². The van der Waals surface area contributed by atoms with Gasteiger partial charge < -0.3 is 15.0 Å². The average Bonchev–Trinajstić information content (AvgIpc) is 2.98. The van der Waals surface area contributed by atoms with Gasteiger partial charge in [0.2, 0.25) is 0 Å². The van der Waals surface area contributed by atoms with Gasteiger partial charge in [-0.05, 0) is 38.1 Å². The van der Waals surface area contributed by atoms with Gasteiger partial charge in [-0.15, -0.1) is 0 Å². The Morgan fingerprint density at radius 2 is 2.05 bits per heavy atom. The summed E-state index contributed by atoms with van der Waals surface area (Å²) in [6.45, 7) is -0.816. The van der Waals surface area contributed by atoms with Crippen molar-refractivity contribution < 1.29 is 13.5 Å². The van der Waals surface area contributed by atoms with E-state index in [-0.39, 0.29) is 5.75 Å². The summed E-state index contributed by atoms with van der Waals surface area (Å²) in [5.74, 6) is 1.55. The Kier molecular flexibility index (Phi) is 4.15. The third kappa shape index (κ3) is 3.39. The number of aromatic nitrogens is 2. The molecule has 2 aromatic rings. The van der Waals surface area contributed by atoms with Crippen LogP contribution in [0, 0.1) is 0 Å². The second-order valence-electron chi connectivity index (χ2n) is 5.11. The smallest absolute Gasteiger partial charge is 0.387 e. The predicted octanol–water partition coefficient (Wildman–Crippen LogP) is 3.15. The molecule has 0 unspecified atom stereocenters. The van der Waals surface area contributed by atoms with Crippen LogP contribution in [0.3, 0.4) is 0 Å². The molecular weight excluding hydrogens is 276 g/mol. The summed E-state index contributed by atoms with van der Waals surface area (Å²) in [4.78, 5) is 7.73. The Bertz CT molecular complexity index is 594. The molecule has 3 rings (SSSR count). The highest BCUT2D eigenvalue weighted by molar-refractivity contribution is 5.60. The molecular formula is C15H17F2N3O. The summed E-state index contributed by atoms with van der Waals surface area (Å²) < 4.78 is 28.9. The molecule has 1 aromatic heterocycles. The molecule has 0 spiro atoms. The Morgan fingerprint density at radius 1 is 1.24 bits per heavy atom. The average molecular weight is 293 g/mol. The van der Waals surface area contributed by atoms with Gasteiger partial charge in [0.15, 0.2) is 0 Å². The van der Waals surface area contributed by atoms with Crippen molar-refractivity contribution in [2.45, 2.75) is 25.4 Å². The van der Waals surface area contributed by atoms with Crippen molar-refractivity contribution in [3.05, 3.63) is 36.3 Å². The molecule has 2 heterocycles. The molecule has 1 aromatic carbocycles. The number of piperidine rings is 1. The van der Waals surface area contributed by atoms with E-state index in [4.69, 9.17) is 0 Å². The summed E-state index contributed by atoms with van der Waals surface area (Å²) in [5, 5.41) is 3.32. The summed E-state index contributed by atoms with van der Waals surface area (Å²) >= 11 is 0. The summed E-state index contributed by atoms with van der Waals surface area (Å²) in [6, 6.07) is 6.64. The third-order valence-corrected chi connectivity index (χ3v) is 3.69. The van der Waals surface area contributed by atoms with Crippen molar-refractivity contribution in [2.24, 2.45) is 0 Å². The minimum Gasteiger partial charge on any atom is -0.435 e. The van der Waals surface area contributed by atoms with E-state index in [1.54, 1.807) is 18.3 Å². The lowest BCUT2D eigenvalue weighted by molar-refractivity contribution is -0.0498. The Balaban J connectivity index is 1.79. The van der Waals surface area contributed by atoms with Gasteiger partial charge in [0.05, 0.1) is 11.9 Å². The molecule has 2 N–H and O–H groups in total. The van der Waals surface area contributed by atoms with Crippen LogP contribution >= 0.6 is 0 Å². The van der Waals surface area contributed by atoms with Crippen LogP contribution in [0.25, 0.3) is 11.3 Å². The first-order valence-corrected chi connectivity index (χ1v) is 7.03. The van der Waals surface area contributed by atoms with Crippen molar-refractivity contribution in [1.82, 2.24) is 15.3 Å². The number of aromatic amines is 1. The maximum atomic E-state index is 12.3. The van der Waals surface area contributed by atoms with Crippen molar-refractivity contribution in [1.29, 1.82) is 0 Å². The van der Waals surface area contributed by atoms with E-state index in [0.717, 1.165) is 43.0 Å². The molecule has 0 aliphatic carbocycles. The number of ether oxygens (including phenoxy) is 1. The highest BCUT2D eigenvalue weighted by Crippen LogP contribution is 2.27. The van der Waals surface area contributed by atoms with Crippen LogP contribution < -0.4 is 10.1 Å². The van der Waals surface area contributed by atoms with E-state index in [1.807, 2.05) is 6.07 Å². The number of hydrogen-bond donors (Lipinski definition) is 2. The van der Waals surface area contributed by atoms with Gasteiger partial charge in [-0.1, -0.05) is 12.1 Å². The normalized spacial score (nSPS) is 16.3. The number of hydrogen-bond acceptors (Lipinski definition) is 3. The molecule has 0 saturated carbocycles. The first kappa shape index (κ1) is 14.0. The first-order chi connectivity index (χ1) is 10.2. The van der Waals surface area contributed by atoms with Crippen LogP contribution in [0.1, 0.15) is 24.6 Å². The van der Waals surface area contributed by atoms with E-state index in [9.17, 15) is 8.78 Å². The second-order valence-corrected chi connectivity index (χ2v) is 5.11. The van der Waals surface area contributed by atoms with Crippen molar-refractivity contribution in [3.63, 3.8) is 0 Å². The van der Waals surface area contributed by atoms with Crippen LogP contribution in [0.15, 0.2) is 30.5 Å². The standard InChI is InChI=1S/C15H17F2N3O/c16-15(17)21-12-3-1-2-11(8-12)13-9-19-14(20-13)10-4-6-18-7-5-10/h1-3,8-10,15,18H,4-7H2,(H,19,20). The number of nitrogens with zero attached hydrogens (tertiary/aromatic N) is 1. The van der Waals surface area contributed by atoms with Crippen molar-refractivity contribution >= 4 is 0 Å². The van der Waals surface area contributed by atoms with Crippen LogP contribution in [-0.4, -0.2) is 29.7 Å². The highest BCUT2D eigenvalue weighted by atomic mass is 19.3. The van der Waals surface area contributed by atoms with Crippen molar-refractivity contribution in [3.8, 4) is 17.0 Å². The molecule has 0 atom stereocenters. The SMILES string of the molecule is FC(F)Oc1cccc(-c2cnc(C3CCNCC3)[nH]2)c1. The van der Waals surface area contributed by atoms with Crippen LogP contribution in [0.4, 0.5) is 8.78 Å². The first-order valence-electron chi connectivity index (χ1n) is 7.03. The van der Waals surface area contributed by atoms with Crippen LogP contribution in [-0.2, 0) is 0 Å². The molecule has 0 amide bonds. The Hall–Kier alpha value is -1.95. The number of H-pyrrole nitrogens is 1. The highest BCUT2D eigenvalue weighted by Gasteiger charge is 2.18. The number of halogens is 2. The molecule has 0 radical (unpaired) electrons. The Morgan fingerprint density at radius 3 is 2.81 bits per heavy atom. The van der Waals surface area contributed by atoms with Gasteiger partial charge in [-0.3, -0.25) is 0 Å².